The van der Waals surface area contributed by atoms with Crippen LogP contribution in [0.25, 0.3) is 88.7 Å². The normalized spacial score (nSPS) is 11.1. The van der Waals surface area contributed by atoms with Gasteiger partial charge < -0.3 is 4.90 Å². The van der Waals surface area contributed by atoms with Gasteiger partial charge >= 0.3 is 0 Å². The number of hydrogen-bond donors (Lipinski definition) is 0. The highest BCUT2D eigenvalue weighted by atomic mass is 15.1. The first-order chi connectivity index (χ1) is 32.2. The number of benzene rings is 11. The lowest BCUT2D eigenvalue weighted by molar-refractivity contribution is 1.28. The standard InChI is InChI=1S/C64H45N/c1-5-17-46(18-6-1)49-31-33-50(34-32-49)51-37-39-59(40-38-51)65(60-29-15-27-55(42-60)56-36-35-48-21-13-14-26-54(48)41-56)61-30-16-28-57(43-61)64-62(52-22-9-3-10-23-52)44-58(47-19-7-2-8-20-47)45-63(64)53-24-11-4-12-25-53/h1-45H. The van der Waals surface area contributed by atoms with E-state index in [0.29, 0.717) is 0 Å². The Kier molecular flexibility index (Phi) is 10.7. The van der Waals surface area contributed by atoms with Crippen molar-refractivity contribution in [2.75, 3.05) is 4.90 Å². The Labute approximate surface area is 381 Å². The van der Waals surface area contributed by atoms with Crippen molar-refractivity contribution in [2.45, 2.75) is 0 Å². The molecule has 1 heteroatoms. The van der Waals surface area contributed by atoms with Gasteiger partial charge in [-0.1, -0.05) is 218 Å². The van der Waals surface area contributed by atoms with Crippen LogP contribution in [0.2, 0.25) is 0 Å². The van der Waals surface area contributed by atoms with Crippen molar-refractivity contribution in [3.8, 4) is 77.9 Å². The highest BCUT2D eigenvalue weighted by molar-refractivity contribution is 5.99. The fourth-order valence-corrected chi connectivity index (χ4v) is 9.17. The molecule has 0 spiro atoms. The van der Waals surface area contributed by atoms with Gasteiger partial charge in [0.25, 0.3) is 0 Å². The van der Waals surface area contributed by atoms with E-state index in [1.165, 1.54) is 83.1 Å². The Morgan fingerprint density at radius 3 is 1.09 bits per heavy atom. The van der Waals surface area contributed by atoms with Gasteiger partial charge in [0.1, 0.15) is 0 Å². The summed E-state index contributed by atoms with van der Waals surface area (Å²) in [7, 11) is 0. The third-order valence-corrected chi connectivity index (χ3v) is 12.4. The van der Waals surface area contributed by atoms with Crippen LogP contribution in [-0.2, 0) is 0 Å². The van der Waals surface area contributed by atoms with Gasteiger partial charge in [0.15, 0.2) is 0 Å². The maximum atomic E-state index is 2.40. The summed E-state index contributed by atoms with van der Waals surface area (Å²) < 4.78 is 0. The molecule has 306 valence electrons. The Morgan fingerprint density at radius 1 is 0.185 bits per heavy atom. The van der Waals surface area contributed by atoms with Crippen LogP contribution in [0.15, 0.2) is 273 Å². The van der Waals surface area contributed by atoms with E-state index >= 15 is 0 Å². The quantitative estimate of drug-likeness (QED) is 0.133. The van der Waals surface area contributed by atoms with Gasteiger partial charge in [0.2, 0.25) is 0 Å². The molecule has 11 rings (SSSR count). The minimum absolute atomic E-state index is 1.07. The minimum atomic E-state index is 1.07. The fraction of sp³-hybridized carbons (Fsp3) is 0. The minimum Gasteiger partial charge on any atom is -0.310 e. The van der Waals surface area contributed by atoms with Crippen LogP contribution in [0, 0.1) is 0 Å². The lowest BCUT2D eigenvalue weighted by Crippen LogP contribution is -2.10. The molecule has 0 aliphatic carbocycles. The van der Waals surface area contributed by atoms with E-state index in [1.54, 1.807) is 0 Å². The van der Waals surface area contributed by atoms with Crippen molar-refractivity contribution in [1.29, 1.82) is 0 Å². The van der Waals surface area contributed by atoms with Crippen molar-refractivity contribution in [2.24, 2.45) is 0 Å². The third kappa shape index (κ3) is 8.16. The SMILES string of the molecule is c1ccc(-c2ccc(-c3ccc(N(c4cccc(-c5ccc6ccccc6c5)c4)c4cccc(-c5c(-c6ccccc6)cc(-c6ccccc6)cc5-c5ccccc5)c4)cc3)cc2)cc1. The van der Waals surface area contributed by atoms with Crippen molar-refractivity contribution < 1.29 is 0 Å². The second kappa shape index (κ2) is 17.7. The van der Waals surface area contributed by atoms with E-state index in [1.807, 2.05) is 0 Å². The van der Waals surface area contributed by atoms with Gasteiger partial charge in [0.05, 0.1) is 0 Å². The summed E-state index contributed by atoms with van der Waals surface area (Å²) in [6.45, 7) is 0. The van der Waals surface area contributed by atoms with Crippen molar-refractivity contribution >= 4 is 27.8 Å². The number of hydrogen-bond acceptors (Lipinski definition) is 1. The molecule has 0 saturated carbocycles. The second-order valence-corrected chi connectivity index (χ2v) is 16.5. The maximum absolute atomic E-state index is 2.40. The van der Waals surface area contributed by atoms with E-state index < -0.39 is 0 Å². The topological polar surface area (TPSA) is 3.24 Å². The van der Waals surface area contributed by atoms with E-state index in [9.17, 15) is 0 Å². The molecule has 65 heavy (non-hydrogen) atoms. The molecular formula is C64H45N. The monoisotopic (exact) mass is 827 g/mol. The van der Waals surface area contributed by atoms with E-state index in [2.05, 4.69) is 278 Å². The molecule has 11 aromatic rings. The molecule has 1 nitrogen and oxygen atoms in total. The molecule has 11 aromatic carbocycles. The van der Waals surface area contributed by atoms with Crippen LogP contribution in [0.1, 0.15) is 0 Å². The molecule has 0 atom stereocenters. The number of nitrogens with zero attached hydrogens (tertiary/aromatic N) is 1. The summed E-state index contributed by atoms with van der Waals surface area (Å²) in [6.07, 6.45) is 0. The lowest BCUT2D eigenvalue weighted by Gasteiger charge is -2.27. The Hall–Kier alpha value is -8.52. The Bertz CT molecular complexity index is 3320. The first-order valence-corrected chi connectivity index (χ1v) is 22.3. The van der Waals surface area contributed by atoms with E-state index in [0.717, 1.165) is 22.6 Å². The number of fused-ring (bicyclic) bond motifs is 1. The van der Waals surface area contributed by atoms with Crippen LogP contribution < -0.4 is 4.90 Å². The van der Waals surface area contributed by atoms with Gasteiger partial charge in [-0.25, -0.2) is 0 Å². The summed E-state index contributed by atoms with van der Waals surface area (Å²) >= 11 is 0. The molecule has 0 amide bonds. The number of anilines is 3. The van der Waals surface area contributed by atoms with E-state index in [-0.39, 0.29) is 0 Å². The van der Waals surface area contributed by atoms with Crippen LogP contribution in [0.4, 0.5) is 17.1 Å². The number of rotatable bonds is 10. The van der Waals surface area contributed by atoms with Gasteiger partial charge in [0, 0.05) is 17.1 Å². The van der Waals surface area contributed by atoms with Crippen LogP contribution in [-0.4, -0.2) is 0 Å². The molecule has 0 fully saturated rings. The Balaban J connectivity index is 1.07. The van der Waals surface area contributed by atoms with Crippen molar-refractivity contribution in [3.05, 3.63) is 273 Å². The molecule has 0 aromatic heterocycles. The van der Waals surface area contributed by atoms with Crippen LogP contribution in [0.3, 0.4) is 0 Å². The molecule has 0 radical (unpaired) electrons. The summed E-state index contributed by atoms with van der Waals surface area (Å²) in [5, 5.41) is 2.47. The van der Waals surface area contributed by atoms with Crippen LogP contribution in [0.5, 0.6) is 0 Å². The average molecular weight is 828 g/mol. The van der Waals surface area contributed by atoms with Gasteiger partial charge in [-0.15, -0.1) is 0 Å². The smallest absolute Gasteiger partial charge is 0.0467 e. The Morgan fingerprint density at radius 2 is 0.554 bits per heavy atom. The molecule has 0 saturated heterocycles. The molecule has 0 aliphatic rings. The maximum Gasteiger partial charge on any atom is 0.0467 e. The summed E-state index contributed by atoms with van der Waals surface area (Å²) in [5.41, 5.74) is 19.8. The van der Waals surface area contributed by atoms with Crippen molar-refractivity contribution in [3.63, 3.8) is 0 Å². The summed E-state index contributed by atoms with van der Waals surface area (Å²) in [4.78, 5) is 2.40. The highest BCUT2D eigenvalue weighted by Crippen LogP contribution is 2.46. The van der Waals surface area contributed by atoms with Gasteiger partial charge in [-0.05, 0) is 143 Å². The first kappa shape index (κ1) is 39.3. The predicted octanol–water partition coefficient (Wildman–Crippen LogP) is 18.0. The van der Waals surface area contributed by atoms with Crippen LogP contribution >= 0.6 is 0 Å². The average Bonchev–Trinajstić information content (AvgIpc) is 3.40. The molecular weight excluding hydrogens is 783 g/mol. The lowest BCUT2D eigenvalue weighted by atomic mass is 9.84. The second-order valence-electron chi connectivity index (χ2n) is 16.5. The summed E-state index contributed by atoms with van der Waals surface area (Å²) in [5.74, 6) is 0. The predicted molar refractivity (Wildman–Crippen MR) is 277 cm³/mol. The van der Waals surface area contributed by atoms with Crippen molar-refractivity contribution in [1.82, 2.24) is 0 Å². The highest BCUT2D eigenvalue weighted by Gasteiger charge is 2.20. The molecule has 0 N–H and O–H groups in total. The molecule has 0 heterocycles. The zero-order valence-electron chi connectivity index (χ0n) is 35.9. The largest absolute Gasteiger partial charge is 0.310 e. The fourth-order valence-electron chi connectivity index (χ4n) is 9.17. The summed E-state index contributed by atoms with van der Waals surface area (Å²) in [6, 6.07) is 99.0. The first-order valence-electron chi connectivity index (χ1n) is 22.3. The van der Waals surface area contributed by atoms with Gasteiger partial charge in [-0.3, -0.25) is 0 Å². The molecule has 0 unspecified atom stereocenters. The molecule has 0 aliphatic heterocycles. The third-order valence-electron chi connectivity index (χ3n) is 12.4. The zero-order chi connectivity index (χ0) is 43.4. The molecule has 0 bridgehead atoms. The zero-order valence-corrected chi connectivity index (χ0v) is 35.9. The van der Waals surface area contributed by atoms with Gasteiger partial charge in [-0.2, -0.15) is 0 Å². The van der Waals surface area contributed by atoms with E-state index in [4.69, 9.17) is 0 Å².